The lowest BCUT2D eigenvalue weighted by molar-refractivity contribution is 0.102. The Hall–Kier alpha value is -2.82. The van der Waals surface area contributed by atoms with E-state index in [1.165, 1.54) is 0 Å². The highest BCUT2D eigenvalue weighted by Crippen LogP contribution is 2.26. The van der Waals surface area contributed by atoms with Gasteiger partial charge in [0.15, 0.2) is 0 Å². The van der Waals surface area contributed by atoms with Gasteiger partial charge >= 0.3 is 0 Å². The van der Waals surface area contributed by atoms with Gasteiger partial charge in [0.25, 0.3) is 5.91 Å². The second-order valence-electron chi connectivity index (χ2n) is 4.90. The summed E-state index contributed by atoms with van der Waals surface area (Å²) in [5.41, 5.74) is 1.44. The van der Waals surface area contributed by atoms with Gasteiger partial charge in [-0.2, -0.15) is 0 Å². The summed E-state index contributed by atoms with van der Waals surface area (Å²) in [5.74, 6) is 0.938. The van der Waals surface area contributed by atoms with E-state index in [0.717, 1.165) is 12.7 Å². The van der Waals surface area contributed by atoms with Gasteiger partial charge in [0.2, 0.25) is 0 Å². The number of rotatable bonds is 7. The predicted molar refractivity (Wildman–Crippen MR) is 88.6 cm³/mol. The molecule has 23 heavy (non-hydrogen) atoms. The number of carbonyl (C=O) groups excluding carboxylic acids is 2. The summed E-state index contributed by atoms with van der Waals surface area (Å²) in [5, 5.41) is 2.78. The number of ether oxygens (including phenoxy) is 2. The second kappa shape index (κ2) is 7.98. The maximum Gasteiger partial charge on any atom is 0.255 e. The molecule has 1 amide bonds. The molecule has 0 aliphatic carbocycles. The van der Waals surface area contributed by atoms with E-state index in [2.05, 4.69) is 5.32 Å². The van der Waals surface area contributed by atoms with Gasteiger partial charge in [-0.3, -0.25) is 9.59 Å². The summed E-state index contributed by atoms with van der Waals surface area (Å²) in [6.07, 6.45) is 1.58. The maximum absolute atomic E-state index is 12.3. The van der Waals surface area contributed by atoms with Crippen LogP contribution >= 0.6 is 0 Å². The van der Waals surface area contributed by atoms with Crippen molar-refractivity contribution in [2.75, 3.05) is 19.0 Å². The number of benzene rings is 2. The molecule has 0 spiro atoms. The first kappa shape index (κ1) is 16.5. The van der Waals surface area contributed by atoms with E-state index in [1.54, 1.807) is 49.6 Å². The molecular formula is C18H19NO4. The van der Waals surface area contributed by atoms with E-state index in [9.17, 15) is 9.59 Å². The van der Waals surface area contributed by atoms with E-state index in [1.807, 2.05) is 6.92 Å². The zero-order valence-electron chi connectivity index (χ0n) is 13.2. The van der Waals surface area contributed by atoms with Gasteiger partial charge in [-0.1, -0.05) is 6.92 Å². The zero-order valence-corrected chi connectivity index (χ0v) is 13.2. The molecule has 0 aliphatic rings. The first-order chi connectivity index (χ1) is 11.2. The van der Waals surface area contributed by atoms with Gasteiger partial charge in [0.1, 0.15) is 17.8 Å². The minimum atomic E-state index is -0.281. The van der Waals surface area contributed by atoms with Crippen LogP contribution in [0.2, 0.25) is 0 Å². The summed E-state index contributed by atoms with van der Waals surface area (Å²) in [6, 6.07) is 11.7. The number of methoxy groups -OCH3 is 1. The highest BCUT2D eigenvalue weighted by atomic mass is 16.5. The molecule has 0 unspecified atom stereocenters. The molecule has 2 aromatic rings. The van der Waals surface area contributed by atoms with Gasteiger partial charge < -0.3 is 14.8 Å². The lowest BCUT2D eigenvalue weighted by Crippen LogP contribution is -2.13. The van der Waals surface area contributed by atoms with E-state index >= 15 is 0 Å². The van der Waals surface area contributed by atoms with Crippen molar-refractivity contribution in [3.05, 3.63) is 53.6 Å². The summed E-state index contributed by atoms with van der Waals surface area (Å²) < 4.78 is 10.7. The standard InChI is InChI=1S/C18H19NO4/c1-3-10-23-17-9-4-13(12-20)11-16(17)19-18(21)14-5-7-15(22-2)8-6-14/h4-9,11-12H,3,10H2,1-2H3,(H,19,21). The molecule has 0 atom stereocenters. The predicted octanol–water partition coefficient (Wildman–Crippen LogP) is 3.55. The molecular weight excluding hydrogens is 294 g/mol. The fourth-order valence-corrected chi connectivity index (χ4v) is 1.99. The van der Waals surface area contributed by atoms with E-state index in [-0.39, 0.29) is 5.91 Å². The van der Waals surface area contributed by atoms with E-state index in [0.29, 0.717) is 34.9 Å². The quantitative estimate of drug-likeness (QED) is 0.794. The molecule has 120 valence electrons. The highest BCUT2D eigenvalue weighted by Gasteiger charge is 2.11. The normalized spacial score (nSPS) is 10.0. The smallest absolute Gasteiger partial charge is 0.255 e. The van der Waals surface area contributed by atoms with Crippen LogP contribution in [-0.2, 0) is 0 Å². The van der Waals surface area contributed by atoms with Crippen LogP contribution in [-0.4, -0.2) is 25.9 Å². The van der Waals surface area contributed by atoms with Crippen LogP contribution in [0.15, 0.2) is 42.5 Å². The molecule has 0 fully saturated rings. The molecule has 5 heteroatoms. The lowest BCUT2D eigenvalue weighted by atomic mass is 10.1. The summed E-state index contributed by atoms with van der Waals surface area (Å²) >= 11 is 0. The SMILES string of the molecule is CCCOc1ccc(C=O)cc1NC(=O)c1ccc(OC)cc1. The number of carbonyl (C=O) groups is 2. The average Bonchev–Trinajstić information content (AvgIpc) is 2.60. The van der Waals surface area contributed by atoms with Crippen molar-refractivity contribution in [3.63, 3.8) is 0 Å². The van der Waals surface area contributed by atoms with Crippen molar-refractivity contribution >= 4 is 17.9 Å². The summed E-state index contributed by atoms with van der Waals surface area (Å²) in [7, 11) is 1.57. The minimum Gasteiger partial charge on any atom is -0.497 e. The number of nitrogens with one attached hydrogen (secondary N) is 1. The fraction of sp³-hybridized carbons (Fsp3) is 0.222. The fourth-order valence-electron chi connectivity index (χ4n) is 1.99. The Bertz CT molecular complexity index is 680. The van der Waals surface area contributed by atoms with Crippen LogP contribution in [0.3, 0.4) is 0 Å². The van der Waals surface area contributed by atoms with Crippen LogP contribution in [0.4, 0.5) is 5.69 Å². The number of hydrogen-bond donors (Lipinski definition) is 1. The van der Waals surface area contributed by atoms with Gasteiger partial charge in [0, 0.05) is 11.1 Å². The molecule has 0 saturated carbocycles. The van der Waals surface area contributed by atoms with Crippen molar-refractivity contribution in [2.24, 2.45) is 0 Å². The van der Waals surface area contributed by atoms with Gasteiger partial charge in [-0.15, -0.1) is 0 Å². The van der Waals surface area contributed by atoms with Crippen LogP contribution < -0.4 is 14.8 Å². The number of aldehydes is 1. The number of hydrogen-bond acceptors (Lipinski definition) is 4. The Morgan fingerprint density at radius 2 is 1.91 bits per heavy atom. The molecule has 0 aliphatic heterocycles. The third-order valence-electron chi connectivity index (χ3n) is 3.20. The van der Waals surface area contributed by atoms with Gasteiger partial charge in [-0.25, -0.2) is 0 Å². The molecule has 5 nitrogen and oxygen atoms in total. The topological polar surface area (TPSA) is 64.6 Å². The van der Waals surface area contributed by atoms with Crippen LogP contribution in [0, 0.1) is 0 Å². The first-order valence-corrected chi connectivity index (χ1v) is 7.35. The van der Waals surface area contributed by atoms with Crippen molar-refractivity contribution in [3.8, 4) is 11.5 Å². The molecule has 2 aromatic carbocycles. The van der Waals surface area contributed by atoms with Crippen LogP contribution in [0.5, 0.6) is 11.5 Å². The number of amides is 1. The molecule has 0 saturated heterocycles. The Morgan fingerprint density at radius 1 is 1.17 bits per heavy atom. The molecule has 1 N–H and O–H groups in total. The largest absolute Gasteiger partial charge is 0.497 e. The Kier molecular flexibility index (Phi) is 5.74. The third-order valence-corrected chi connectivity index (χ3v) is 3.20. The molecule has 0 aromatic heterocycles. The summed E-state index contributed by atoms with van der Waals surface area (Å²) in [4.78, 5) is 23.3. The molecule has 0 bridgehead atoms. The maximum atomic E-state index is 12.3. The van der Waals surface area contributed by atoms with Crippen molar-refractivity contribution in [1.29, 1.82) is 0 Å². The first-order valence-electron chi connectivity index (χ1n) is 7.35. The van der Waals surface area contributed by atoms with Crippen molar-refractivity contribution < 1.29 is 19.1 Å². The van der Waals surface area contributed by atoms with Crippen LogP contribution in [0.1, 0.15) is 34.1 Å². The van der Waals surface area contributed by atoms with Gasteiger partial charge in [0.05, 0.1) is 19.4 Å². The van der Waals surface area contributed by atoms with Crippen molar-refractivity contribution in [2.45, 2.75) is 13.3 Å². The van der Waals surface area contributed by atoms with Gasteiger partial charge in [-0.05, 0) is 48.9 Å². The van der Waals surface area contributed by atoms with E-state index in [4.69, 9.17) is 9.47 Å². The zero-order chi connectivity index (χ0) is 16.7. The Labute approximate surface area is 135 Å². The summed E-state index contributed by atoms with van der Waals surface area (Å²) in [6.45, 7) is 2.53. The molecule has 2 rings (SSSR count). The Balaban J connectivity index is 2.21. The van der Waals surface area contributed by atoms with Crippen LogP contribution in [0.25, 0.3) is 0 Å². The monoisotopic (exact) mass is 313 g/mol. The minimum absolute atomic E-state index is 0.281. The van der Waals surface area contributed by atoms with Crippen molar-refractivity contribution in [1.82, 2.24) is 0 Å². The number of anilines is 1. The van der Waals surface area contributed by atoms with E-state index < -0.39 is 0 Å². The molecule has 0 heterocycles. The average molecular weight is 313 g/mol. The highest BCUT2D eigenvalue weighted by molar-refractivity contribution is 6.05. The Morgan fingerprint density at radius 3 is 2.52 bits per heavy atom. The second-order valence-corrected chi connectivity index (χ2v) is 4.90. The third kappa shape index (κ3) is 4.32. The lowest BCUT2D eigenvalue weighted by Gasteiger charge is -2.13. The molecule has 0 radical (unpaired) electrons.